The van der Waals surface area contributed by atoms with Crippen LogP contribution in [-0.2, 0) is 0 Å². The molecule has 0 aromatic heterocycles. The molecule has 1 fully saturated rings. The largest absolute Gasteiger partial charge is 0.507 e. The molecule has 5 heteroatoms. The van der Waals surface area contributed by atoms with Crippen molar-refractivity contribution in [2.75, 3.05) is 13.7 Å². The van der Waals surface area contributed by atoms with Crippen LogP contribution in [0.5, 0.6) is 11.5 Å². The molecule has 1 aliphatic carbocycles. The first-order valence-electron chi connectivity index (χ1n) is 6.89. The van der Waals surface area contributed by atoms with E-state index in [0.717, 1.165) is 25.7 Å². The second-order valence-corrected chi connectivity index (χ2v) is 6.51. The molecule has 0 unspecified atom stereocenters. The Bertz CT molecular complexity index is 470. The molecule has 0 atom stereocenters. The van der Waals surface area contributed by atoms with Crippen LogP contribution in [0.3, 0.4) is 0 Å². The van der Waals surface area contributed by atoms with Gasteiger partial charge in [0, 0.05) is 17.4 Å². The van der Waals surface area contributed by atoms with Crippen LogP contribution < -0.4 is 10.1 Å². The number of nitrogens with one attached hydrogen (secondary N) is 1. The first-order valence-corrected chi connectivity index (χ1v) is 7.81. The van der Waals surface area contributed by atoms with Gasteiger partial charge in [0.15, 0.2) is 0 Å². The number of rotatable bonds is 4. The molecule has 0 saturated heterocycles. The van der Waals surface area contributed by atoms with Crippen molar-refractivity contribution in [1.29, 1.82) is 0 Å². The fourth-order valence-electron chi connectivity index (χ4n) is 2.49. The highest BCUT2D eigenvalue weighted by molar-refractivity contribution is 9.09. The topological polar surface area (TPSA) is 58.6 Å². The van der Waals surface area contributed by atoms with E-state index in [1.54, 1.807) is 12.1 Å². The van der Waals surface area contributed by atoms with Gasteiger partial charge in [0.25, 0.3) is 5.91 Å². The minimum Gasteiger partial charge on any atom is -0.507 e. The first kappa shape index (κ1) is 15.2. The lowest BCUT2D eigenvalue weighted by molar-refractivity contribution is 0.0941. The van der Waals surface area contributed by atoms with Crippen LogP contribution in [-0.4, -0.2) is 29.5 Å². The lowest BCUT2D eigenvalue weighted by atomic mass is 9.89. The zero-order valence-electron chi connectivity index (χ0n) is 11.6. The number of carbonyl (C=O) groups is 1. The Morgan fingerprint density at radius 1 is 1.40 bits per heavy atom. The van der Waals surface area contributed by atoms with Crippen molar-refractivity contribution >= 4 is 21.8 Å². The van der Waals surface area contributed by atoms with Crippen molar-refractivity contribution in [3.8, 4) is 11.5 Å². The number of ether oxygens (including phenoxy) is 1. The fraction of sp³-hybridized carbons (Fsp3) is 0.533. The van der Waals surface area contributed by atoms with Crippen molar-refractivity contribution < 1.29 is 14.6 Å². The van der Waals surface area contributed by atoms with Gasteiger partial charge in [0.1, 0.15) is 11.5 Å². The summed E-state index contributed by atoms with van der Waals surface area (Å²) in [5, 5.41) is 12.7. The number of carbonyl (C=O) groups excluding carboxylic acids is 1. The molecule has 1 saturated carbocycles. The second kappa shape index (κ2) is 6.97. The summed E-state index contributed by atoms with van der Waals surface area (Å²) < 4.78 is 5.00. The van der Waals surface area contributed by atoms with E-state index >= 15 is 0 Å². The van der Waals surface area contributed by atoms with Gasteiger partial charge in [0.2, 0.25) is 0 Å². The molecular formula is C15H20BrNO3. The van der Waals surface area contributed by atoms with Gasteiger partial charge in [-0.1, -0.05) is 15.9 Å². The summed E-state index contributed by atoms with van der Waals surface area (Å²) in [5.41, 5.74) is 0.292. The van der Waals surface area contributed by atoms with Crippen LogP contribution in [0, 0.1) is 5.92 Å². The first-order chi connectivity index (χ1) is 9.60. The summed E-state index contributed by atoms with van der Waals surface area (Å²) in [4.78, 5) is 12.7. The summed E-state index contributed by atoms with van der Waals surface area (Å²) in [6.45, 7) is 0.671. The zero-order valence-corrected chi connectivity index (χ0v) is 13.1. The fourth-order valence-corrected chi connectivity index (χ4v) is 3.02. The average Bonchev–Trinajstić information content (AvgIpc) is 2.46. The Hall–Kier alpha value is -1.23. The minimum atomic E-state index is -0.230. The SMILES string of the molecule is COc1ccc(C(=O)NCC2CCC(Br)CC2)c(O)c1. The van der Waals surface area contributed by atoms with Gasteiger partial charge >= 0.3 is 0 Å². The van der Waals surface area contributed by atoms with E-state index in [2.05, 4.69) is 21.2 Å². The van der Waals surface area contributed by atoms with E-state index in [0.29, 0.717) is 28.6 Å². The number of hydrogen-bond donors (Lipinski definition) is 2. The lowest BCUT2D eigenvalue weighted by Gasteiger charge is -2.25. The summed E-state index contributed by atoms with van der Waals surface area (Å²) in [5.74, 6) is 0.792. The molecule has 1 aromatic carbocycles. The molecule has 0 spiro atoms. The Kier molecular flexibility index (Phi) is 5.29. The number of benzene rings is 1. The number of phenols is 1. The third-order valence-corrected chi connectivity index (χ3v) is 4.69. The highest BCUT2D eigenvalue weighted by Crippen LogP contribution is 2.28. The van der Waals surface area contributed by atoms with Crippen LogP contribution in [0.25, 0.3) is 0 Å². The Balaban J connectivity index is 1.88. The van der Waals surface area contributed by atoms with Crippen LogP contribution >= 0.6 is 15.9 Å². The number of methoxy groups -OCH3 is 1. The molecule has 0 bridgehead atoms. The maximum atomic E-state index is 12.1. The van der Waals surface area contributed by atoms with Crippen molar-refractivity contribution in [3.05, 3.63) is 23.8 Å². The standard InChI is InChI=1S/C15H20BrNO3/c1-20-12-6-7-13(14(18)8-12)15(19)17-9-10-2-4-11(16)5-3-10/h6-8,10-11,18H,2-5,9H2,1H3,(H,17,19). The summed E-state index contributed by atoms with van der Waals surface area (Å²) >= 11 is 3.62. The van der Waals surface area contributed by atoms with Gasteiger partial charge in [-0.2, -0.15) is 0 Å². The molecule has 20 heavy (non-hydrogen) atoms. The molecule has 2 rings (SSSR count). The van der Waals surface area contributed by atoms with Gasteiger partial charge in [0.05, 0.1) is 12.7 Å². The van der Waals surface area contributed by atoms with Gasteiger partial charge in [-0.05, 0) is 43.7 Å². The number of alkyl halides is 1. The number of halogens is 1. The van der Waals surface area contributed by atoms with E-state index in [9.17, 15) is 9.90 Å². The predicted octanol–water partition coefficient (Wildman–Crippen LogP) is 3.08. The van der Waals surface area contributed by atoms with Crippen molar-refractivity contribution in [1.82, 2.24) is 5.32 Å². The monoisotopic (exact) mass is 341 g/mol. The predicted molar refractivity (Wildman–Crippen MR) is 81.7 cm³/mol. The maximum Gasteiger partial charge on any atom is 0.255 e. The minimum absolute atomic E-state index is 0.0500. The van der Waals surface area contributed by atoms with Crippen LogP contribution in [0.15, 0.2) is 18.2 Å². The molecule has 1 aliphatic rings. The smallest absolute Gasteiger partial charge is 0.255 e. The van der Waals surface area contributed by atoms with Gasteiger partial charge in [-0.15, -0.1) is 0 Å². The molecular weight excluding hydrogens is 322 g/mol. The third kappa shape index (κ3) is 3.88. The van der Waals surface area contributed by atoms with E-state index in [4.69, 9.17) is 4.74 Å². The van der Waals surface area contributed by atoms with Crippen LogP contribution in [0.1, 0.15) is 36.0 Å². The summed E-state index contributed by atoms with van der Waals surface area (Å²) in [6, 6.07) is 4.70. The molecule has 0 aliphatic heterocycles. The number of aromatic hydroxyl groups is 1. The van der Waals surface area contributed by atoms with Crippen molar-refractivity contribution in [3.63, 3.8) is 0 Å². The third-order valence-electron chi connectivity index (χ3n) is 3.78. The number of hydrogen-bond acceptors (Lipinski definition) is 3. The normalized spacial score (nSPS) is 22.3. The van der Waals surface area contributed by atoms with Gasteiger partial charge in [-0.3, -0.25) is 4.79 Å². The average molecular weight is 342 g/mol. The van der Waals surface area contributed by atoms with E-state index in [-0.39, 0.29) is 11.7 Å². The van der Waals surface area contributed by atoms with E-state index < -0.39 is 0 Å². The molecule has 2 N–H and O–H groups in total. The van der Waals surface area contributed by atoms with Gasteiger partial charge in [-0.25, -0.2) is 0 Å². The lowest BCUT2D eigenvalue weighted by Crippen LogP contribution is -2.31. The Labute approximate surface area is 127 Å². The highest BCUT2D eigenvalue weighted by atomic mass is 79.9. The van der Waals surface area contributed by atoms with E-state index in [1.807, 2.05) is 0 Å². The summed E-state index contributed by atoms with van der Waals surface area (Å²) in [6.07, 6.45) is 4.58. The highest BCUT2D eigenvalue weighted by Gasteiger charge is 2.20. The van der Waals surface area contributed by atoms with Crippen LogP contribution in [0.2, 0.25) is 0 Å². The van der Waals surface area contributed by atoms with E-state index in [1.165, 1.54) is 13.2 Å². The quantitative estimate of drug-likeness (QED) is 0.827. The van der Waals surface area contributed by atoms with Crippen molar-refractivity contribution in [2.45, 2.75) is 30.5 Å². The molecule has 1 aromatic rings. The second-order valence-electron chi connectivity index (χ2n) is 5.21. The molecule has 110 valence electrons. The molecule has 0 heterocycles. The Morgan fingerprint density at radius 3 is 2.70 bits per heavy atom. The van der Waals surface area contributed by atoms with Gasteiger partial charge < -0.3 is 15.2 Å². The summed E-state index contributed by atoms with van der Waals surface area (Å²) in [7, 11) is 1.52. The zero-order chi connectivity index (χ0) is 14.5. The maximum absolute atomic E-state index is 12.1. The molecule has 1 amide bonds. The molecule has 4 nitrogen and oxygen atoms in total. The van der Waals surface area contributed by atoms with Crippen molar-refractivity contribution in [2.24, 2.45) is 5.92 Å². The molecule has 0 radical (unpaired) electrons. The number of amides is 1. The van der Waals surface area contributed by atoms with Crippen LogP contribution in [0.4, 0.5) is 0 Å². The Morgan fingerprint density at radius 2 is 2.10 bits per heavy atom. The number of phenolic OH excluding ortho intramolecular Hbond substituents is 1.